The monoisotopic (exact) mass is 816 g/mol. The van der Waals surface area contributed by atoms with E-state index in [1.807, 2.05) is 0 Å². The van der Waals surface area contributed by atoms with Gasteiger partial charge in [0, 0.05) is 0 Å². The maximum Gasteiger partial charge on any atom is 0.527 e. The first-order valence-corrected chi connectivity index (χ1v) is 11.0. The second-order valence-electron chi connectivity index (χ2n) is 8.37. The van der Waals surface area contributed by atoms with Crippen molar-refractivity contribution >= 4 is 10.1 Å². The Labute approximate surface area is 239 Å². The summed E-state index contributed by atoms with van der Waals surface area (Å²) >= 11 is 0. The van der Waals surface area contributed by atoms with Crippen LogP contribution in [0.4, 0.5) is 127 Å². The zero-order chi connectivity index (χ0) is 40.2. The van der Waals surface area contributed by atoms with Crippen molar-refractivity contribution in [3.05, 3.63) is 0 Å². The summed E-state index contributed by atoms with van der Waals surface area (Å²) in [5.74, 6) is -107. The molecule has 34 heteroatoms. The summed E-state index contributed by atoms with van der Waals surface area (Å²) in [6.07, 6.45) is -15.9. The predicted molar refractivity (Wildman–Crippen MR) is 83.0 cm³/mol. The van der Waals surface area contributed by atoms with E-state index in [0.29, 0.717) is 0 Å². The minimum absolute atomic E-state index is 0.859. The molecule has 0 aromatic heterocycles. The molecule has 0 aliphatic rings. The van der Waals surface area contributed by atoms with Gasteiger partial charge in [-0.25, -0.2) is 4.74 Å². The molecule has 290 valence electrons. The van der Waals surface area contributed by atoms with Gasteiger partial charge in [-0.1, -0.05) is 0 Å². The molecular formula is C14HF29O4S. The fourth-order valence-electron chi connectivity index (χ4n) is 2.51. The normalized spacial score (nSPS) is 17.2. The molecule has 0 radical (unpaired) electrons. The molecule has 0 unspecified atom stereocenters. The van der Waals surface area contributed by atoms with E-state index in [-0.39, 0.29) is 0 Å². The first-order chi connectivity index (χ1) is 20.0. The number of rotatable bonds is 14. The maximum absolute atomic E-state index is 13.7. The molecule has 0 fully saturated rings. The molecule has 0 heterocycles. The first kappa shape index (κ1) is 45.8. The zero-order valence-corrected chi connectivity index (χ0v) is 20.9. The number of hydrogen-bond acceptors (Lipinski definition) is 3. The Morgan fingerprint density at radius 2 is 0.479 bits per heavy atom. The molecule has 0 aromatic carbocycles. The highest BCUT2D eigenvalue weighted by atomic mass is 32.2. The van der Waals surface area contributed by atoms with Crippen LogP contribution in [-0.2, 0) is 14.9 Å². The van der Waals surface area contributed by atoms with Crippen molar-refractivity contribution in [3.63, 3.8) is 0 Å². The number of alkyl halides is 29. The fraction of sp³-hybridized carbons (Fsp3) is 1.00. The molecule has 0 aliphatic carbocycles. The minimum atomic E-state index is -10.0. The lowest BCUT2D eigenvalue weighted by atomic mass is 9.84. The largest absolute Gasteiger partial charge is 0.527 e. The van der Waals surface area contributed by atoms with E-state index < -0.39 is 93.0 Å². The molecular weight excluding hydrogens is 815 g/mol. The van der Waals surface area contributed by atoms with Crippen LogP contribution in [0, 0.1) is 0 Å². The number of halogens is 29. The summed E-state index contributed by atoms with van der Waals surface area (Å²) in [5, 5.41) is -8.34. The summed E-state index contributed by atoms with van der Waals surface area (Å²) < 4.78 is 413. The highest BCUT2D eigenvalue weighted by Crippen LogP contribution is 2.68. The van der Waals surface area contributed by atoms with Crippen LogP contribution in [0.3, 0.4) is 0 Å². The van der Waals surface area contributed by atoms with Gasteiger partial charge in [-0.05, 0) is 0 Å². The van der Waals surface area contributed by atoms with E-state index in [2.05, 4.69) is 0 Å². The Kier molecular flexibility index (Phi) is 10.4. The van der Waals surface area contributed by atoms with Gasteiger partial charge in [0.05, 0.1) is 0 Å². The van der Waals surface area contributed by atoms with Crippen LogP contribution in [0.25, 0.3) is 0 Å². The summed E-state index contributed by atoms with van der Waals surface area (Å²) in [7, 11) is -8.36. The van der Waals surface area contributed by atoms with Crippen LogP contribution in [0.5, 0.6) is 0 Å². The van der Waals surface area contributed by atoms with Gasteiger partial charge in [-0.15, -0.1) is 13.2 Å². The van der Waals surface area contributed by atoms with E-state index in [0.717, 1.165) is 4.74 Å². The van der Waals surface area contributed by atoms with E-state index in [1.165, 1.54) is 0 Å². The van der Waals surface area contributed by atoms with Crippen LogP contribution < -0.4 is 0 Å². The molecule has 1 N–H and O–H groups in total. The average Bonchev–Trinajstić information content (AvgIpc) is 2.80. The summed E-state index contributed by atoms with van der Waals surface area (Å²) in [4.78, 5) is 0. The second kappa shape index (κ2) is 10.9. The van der Waals surface area contributed by atoms with Gasteiger partial charge >= 0.3 is 93.0 Å². The third kappa shape index (κ3) is 5.51. The van der Waals surface area contributed by atoms with E-state index in [4.69, 9.17) is 4.55 Å². The van der Waals surface area contributed by atoms with Crippen molar-refractivity contribution in [1.82, 2.24) is 0 Å². The molecule has 0 aliphatic heterocycles. The smallest absolute Gasteiger partial charge is 0.281 e. The van der Waals surface area contributed by atoms with Crippen LogP contribution in [-0.4, -0.2) is 95.8 Å². The van der Waals surface area contributed by atoms with Crippen molar-refractivity contribution in [1.29, 1.82) is 0 Å². The van der Waals surface area contributed by atoms with Gasteiger partial charge in [0.1, 0.15) is 0 Å². The van der Waals surface area contributed by atoms with Crippen molar-refractivity contribution in [2.24, 2.45) is 0 Å². The molecule has 0 amide bonds. The minimum Gasteiger partial charge on any atom is -0.281 e. The molecule has 0 aromatic rings. The van der Waals surface area contributed by atoms with Crippen LogP contribution in [0.15, 0.2) is 0 Å². The maximum atomic E-state index is 13.7. The molecule has 0 rings (SSSR count). The lowest BCUT2D eigenvalue weighted by Crippen LogP contribution is -2.79. The molecule has 0 spiro atoms. The Hall–Kier alpha value is -2.16. The second-order valence-corrected chi connectivity index (χ2v) is 9.84. The Morgan fingerprint density at radius 3 is 0.646 bits per heavy atom. The lowest BCUT2D eigenvalue weighted by Gasteiger charge is -2.46. The third-order valence-corrected chi connectivity index (χ3v) is 6.15. The summed E-state index contributed by atoms with van der Waals surface area (Å²) in [6, 6.07) is 0. The standard InChI is InChI=1S/C14HF29O4S/c15-1(16,3(19,20)5(23,24)7(27,28)9(31,32)11(35,36)13(39,40)48(44,45)46)2(17,18)4(21,22)6(25,26)8(29,30)10(33,34)12(37,38)47-14(41,42)43/h(H,44,45,46). The van der Waals surface area contributed by atoms with Gasteiger partial charge in [0.25, 0.3) is 0 Å². The van der Waals surface area contributed by atoms with Gasteiger partial charge in [0.15, 0.2) is 0 Å². The van der Waals surface area contributed by atoms with Crippen LogP contribution in [0.2, 0.25) is 0 Å². The fourth-order valence-corrected chi connectivity index (χ4v) is 2.96. The topological polar surface area (TPSA) is 63.6 Å². The van der Waals surface area contributed by atoms with Gasteiger partial charge in [0.2, 0.25) is 0 Å². The quantitative estimate of drug-likeness (QED) is 0.141. The van der Waals surface area contributed by atoms with Crippen molar-refractivity contribution in [2.75, 3.05) is 0 Å². The van der Waals surface area contributed by atoms with Crippen LogP contribution >= 0.6 is 0 Å². The van der Waals surface area contributed by atoms with Crippen molar-refractivity contribution < 1.29 is 145 Å². The molecule has 4 nitrogen and oxygen atoms in total. The van der Waals surface area contributed by atoms with Crippen molar-refractivity contribution in [3.8, 4) is 0 Å². The third-order valence-electron chi connectivity index (χ3n) is 5.24. The van der Waals surface area contributed by atoms with E-state index in [1.54, 1.807) is 0 Å². The highest BCUT2D eigenvalue weighted by Gasteiger charge is 3.00. The zero-order valence-electron chi connectivity index (χ0n) is 20.0. The lowest BCUT2D eigenvalue weighted by molar-refractivity contribution is -0.513. The number of hydrogen-bond donors (Lipinski definition) is 1. The van der Waals surface area contributed by atoms with Gasteiger partial charge in [-0.2, -0.15) is 123 Å². The van der Waals surface area contributed by atoms with E-state index >= 15 is 0 Å². The molecule has 0 saturated carbocycles. The molecule has 0 saturated heterocycles. The highest BCUT2D eigenvalue weighted by molar-refractivity contribution is 7.87. The first-order valence-electron chi connectivity index (χ1n) is 9.61. The Morgan fingerprint density at radius 1 is 0.312 bits per heavy atom. The van der Waals surface area contributed by atoms with Gasteiger partial charge in [-0.3, -0.25) is 4.55 Å². The van der Waals surface area contributed by atoms with Gasteiger partial charge < -0.3 is 0 Å². The van der Waals surface area contributed by atoms with E-state index in [9.17, 15) is 136 Å². The SMILES string of the molecule is O=S(=O)(O)C(F)(F)C(F)(F)C(F)(F)C(F)(F)C(F)(F)C(F)(F)C(F)(F)C(F)(F)C(F)(F)C(F)(F)C(F)(F)C(F)(F)C(F)(F)OC(F)(F)F. The van der Waals surface area contributed by atoms with Crippen LogP contribution in [0.1, 0.15) is 0 Å². The molecule has 0 atom stereocenters. The average molecular weight is 816 g/mol. The Balaban J connectivity index is 7.59. The number of ether oxygens (including phenoxy) is 1. The Bertz CT molecular complexity index is 1310. The molecule has 48 heavy (non-hydrogen) atoms. The predicted octanol–water partition coefficient (Wildman–Crippen LogP) is 8.58. The summed E-state index contributed by atoms with van der Waals surface area (Å²) in [5.41, 5.74) is 0. The van der Waals surface area contributed by atoms with Crippen molar-refractivity contribution in [2.45, 2.75) is 82.9 Å². The summed E-state index contributed by atoms with van der Waals surface area (Å²) in [6.45, 7) is 0. The molecule has 0 bridgehead atoms.